The van der Waals surface area contributed by atoms with Crippen LogP contribution in [0.5, 0.6) is 17.2 Å². The van der Waals surface area contributed by atoms with Gasteiger partial charge < -0.3 is 14.2 Å². The zero-order valence-electron chi connectivity index (χ0n) is 13.8. The third-order valence-electron chi connectivity index (χ3n) is 3.58. The molecule has 4 nitrogen and oxygen atoms in total. The van der Waals surface area contributed by atoms with Gasteiger partial charge in [-0.05, 0) is 42.8 Å². The summed E-state index contributed by atoms with van der Waals surface area (Å²) < 4.78 is 15.7. The quantitative estimate of drug-likeness (QED) is 0.599. The third-order valence-corrected chi connectivity index (χ3v) is 3.58. The molecule has 2 aromatic rings. The normalized spacial score (nSPS) is 10.6. The first-order chi connectivity index (χ1) is 11.1. The minimum Gasteiger partial charge on any atom is -0.497 e. The van der Waals surface area contributed by atoms with Crippen molar-refractivity contribution in [2.24, 2.45) is 0 Å². The van der Waals surface area contributed by atoms with Crippen molar-refractivity contribution < 1.29 is 19.0 Å². The van der Waals surface area contributed by atoms with Crippen LogP contribution in [-0.2, 0) is 0 Å². The van der Waals surface area contributed by atoms with Gasteiger partial charge in [0.05, 0.1) is 21.3 Å². The maximum Gasteiger partial charge on any atom is 0.186 e. The zero-order chi connectivity index (χ0) is 16.8. The lowest BCUT2D eigenvalue weighted by molar-refractivity contribution is 0.104. The van der Waals surface area contributed by atoms with E-state index < -0.39 is 0 Å². The van der Waals surface area contributed by atoms with E-state index in [1.54, 1.807) is 39.5 Å². The van der Waals surface area contributed by atoms with Crippen molar-refractivity contribution >= 4 is 11.9 Å². The highest BCUT2D eigenvalue weighted by Crippen LogP contribution is 2.29. The summed E-state index contributed by atoms with van der Waals surface area (Å²) in [6.45, 7) is 1.89. The predicted octanol–water partition coefficient (Wildman–Crippen LogP) is 3.92. The van der Waals surface area contributed by atoms with E-state index in [9.17, 15) is 4.79 Å². The van der Waals surface area contributed by atoms with Gasteiger partial charge in [-0.2, -0.15) is 0 Å². The second kappa shape index (κ2) is 7.49. The summed E-state index contributed by atoms with van der Waals surface area (Å²) in [5, 5.41) is 0. The molecule has 0 amide bonds. The Balaban J connectivity index is 2.24. The van der Waals surface area contributed by atoms with Crippen LogP contribution < -0.4 is 14.2 Å². The predicted molar refractivity (Wildman–Crippen MR) is 90.6 cm³/mol. The summed E-state index contributed by atoms with van der Waals surface area (Å²) in [5.41, 5.74) is 2.31. The molecule has 0 saturated heterocycles. The van der Waals surface area contributed by atoms with Crippen molar-refractivity contribution in [3.63, 3.8) is 0 Å². The maximum absolute atomic E-state index is 12.4. The number of hydrogen-bond donors (Lipinski definition) is 0. The number of hydrogen-bond acceptors (Lipinski definition) is 4. The highest BCUT2D eigenvalue weighted by atomic mass is 16.5. The Hall–Kier alpha value is -2.75. The van der Waals surface area contributed by atoms with Crippen molar-refractivity contribution in [2.75, 3.05) is 21.3 Å². The van der Waals surface area contributed by atoms with E-state index in [0.717, 1.165) is 16.9 Å². The molecule has 0 bridgehead atoms. The lowest BCUT2D eigenvalue weighted by Crippen LogP contribution is -1.99. The third kappa shape index (κ3) is 3.92. The van der Waals surface area contributed by atoms with Gasteiger partial charge in [-0.25, -0.2) is 0 Å². The number of ketones is 1. The molecular weight excluding hydrogens is 292 g/mol. The average Bonchev–Trinajstić information content (AvgIpc) is 2.60. The van der Waals surface area contributed by atoms with E-state index >= 15 is 0 Å². The molecule has 0 N–H and O–H groups in total. The van der Waals surface area contributed by atoms with E-state index in [1.807, 2.05) is 31.2 Å². The molecule has 0 aliphatic carbocycles. The van der Waals surface area contributed by atoms with Gasteiger partial charge in [0.2, 0.25) is 0 Å². The molecule has 120 valence electrons. The summed E-state index contributed by atoms with van der Waals surface area (Å²) in [7, 11) is 4.76. The van der Waals surface area contributed by atoms with Crippen LogP contribution in [-0.4, -0.2) is 27.1 Å². The van der Waals surface area contributed by atoms with Crippen LogP contribution in [0.3, 0.4) is 0 Å². The zero-order valence-corrected chi connectivity index (χ0v) is 13.8. The summed E-state index contributed by atoms with van der Waals surface area (Å²) in [5.74, 6) is 1.93. The van der Waals surface area contributed by atoms with Gasteiger partial charge >= 0.3 is 0 Å². The Morgan fingerprint density at radius 1 is 0.913 bits per heavy atom. The summed E-state index contributed by atoms with van der Waals surface area (Å²) in [6, 6.07) is 10.9. The van der Waals surface area contributed by atoms with Gasteiger partial charge in [0.15, 0.2) is 5.78 Å². The van der Waals surface area contributed by atoms with Gasteiger partial charge in [0.25, 0.3) is 0 Å². The van der Waals surface area contributed by atoms with Gasteiger partial charge in [-0.1, -0.05) is 18.2 Å². The largest absolute Gasteiger partial charge is 0.497 e. The van der Waals surface area contributed by atoms with Crippen LogP contribution in [0.2, 0.25) is 0 Å². The molecule has 0 spiro atoms. The van der Waals surface area contributed by atoms with E-state index in [-0.39, 0.29) is 5.78 Å². The molecule has 0 aromatic heterocycles. The van der Waals surface area contributed by atoms with Gasteiger partial charge in [-0.15, -0.1) is 0 Å². The molecule has 0 saturated carbocycles. The van der Waals surface area contributed by atoms with Gasteiger partial charge in [0.1, 0.15) is 17.2 Å². The van der Waals surface area contributed by atoms with Crippen LogP contribution in [0.25, 0.3) is 6.08 Å². The first kappa shape index (κ1) is 16.6. The SMILES string of the molecule is COc1ccc(/C=C/C(=O)c2cc(OC)c(C)c(OC)c2)cc1. The van der Waals surface area contributed by atoms with Crippen LogP contribution >= 0.6 is 0 Å². The van der Waals surface area contributed by atoms with E-state index in [4.69, 9.17) is 14.2 Å². The van der Waals surface area contributed by atoms with Crippen molar-refractivity contribution in [3.05, 3.63) is 59.2 Å². The number of benzene rings is 2. The Kier molecular flexibility index (Phi) is 5.41. The molecule has 23 heavy (non-hydrogen) atoms. The fourth-order valence-corrected chi connectivity index (χ4v) is 2.21. The first-order valence-corrected chi connectivity index (χ1v) is 7.18. The summed E-state index contributed by atoms with van der Waals surface area (Å²) in [4.78, 5) is 12.4. The fourth-order valence-electron chi connectivity index (χ4n) is 2.21. The van der Waals surface area contributed by atoms with Gasteiger partial charge in [-0.3, -0.25) is 4.79 Å². The monoisotopic (exact) mass is 312 g/mol. The van der Waals surface area contributed by atoms with Crippen molar-refractivity contribution in [1.29, 1.82) is 0 Å². The van der Waals surface area contributed by atoms with Crippen molar-refractivity contribution in [2.45, 2.75) is 6.92 Å². The first-order valence-electron chi connectivity index (χ1n) is 7.18. The molecule has 0 radical (unpaired) electrons. The number of ether oxygens (including phenoxy) is 3. The summed E-state index contributed by atoms with van der Waals surface area (Å²) in [6.07, 6.45) is 3.30. The molecule has 0 unspecified atom stereocenters. The van der Waals surface area contributed by atoms with Crippen molar-refractivity contribution in [3.8, 4) is 17.2 Å². The number of allylic oxidation sites excluding steroid dienone is 1. The highest BCUT2D eigenvalue weighted by molar-refractivity contribution is 6.07. The maximum atomic E-state index is 12.4. The van der Waals surface area contributed by atoms with Gasteiger partial charge in [0, 0.05) is 11.1 Å². The second-order valence-electron chi connectivity index (χ2n) is 4.98. The minimum atomic E-state index is -0.114. The molecule has 4 heteroatoms. The standard InChI is InChI=1S/C19H20O4/c1-13-18(22-3)11-15(12-19(13)23-4)17(20)10-7-14-5-8-16(21-2)9-6-14/h5-12H,1-4H3/b10-7+. The average molecular weight is 312 g/mol. The fraction of sp³-hybridized carbons (Fsp3) is 0.211. The topological polar surface area (TPSA) is 44.8 Å². The molecular formula is C19H20O4. The van der Waals surface area contributed by atoms with Crippen molar-refractivity contribution in [1.82, 2.24) is 0 Å². The molecule has 2 rings (SSSR count). The van der Waals surface area contributed by atoms with Crippen LogP contribution in [0.4, 0.5) is 0 Å². The number of rotatable bonds is 6. The Morgan fingerprint density at radius 2 is 1.48 bits per heavy atom. The lowest BCUT2D eigenvalue weighted by atomic mass is 10.0. The minimum absolute atomic E-state index is 0.114. The van der Waals surface area contributed by atoms with Crippen LogP contribution in [0, 0.1) is 6.92 Å². The number of methoxy groups -OCH3 is 3. The van der Waals surface area contributed by atoms with E-state index in [1.165, 1.54) is 6.08 Å². The Morgan fingerprint density at radius 3 is 1.96 bits per heavy atom. The Labute approximate surface area is 136 Å². The molecule has 0 heterocycles. The second-order valence-corrected chi connectivity index (χ2v) is 4.98. The smallest absolute Gasteiger partial charge is 0.186 e. The summed E-state index contributed by atoms with van der Waals surface area (Å²) >= 11 is 0. The molecule has 0 fully saturated rings. The number of carbonyl (C=O) groups is 1. The Bertz CT molecular complexity index is 690. The number of carbonyl (C=O) groups excluding carboxylic acids is 1. The molecule has 0 aliphatic heterocycles. The highest BCUT2D eigenvalue weighted by Gasteiger charge is 2.11. The van der Waals surface area contributed by atoms with E-state index in [2.05, 4.69) is 0 Å². The van der Waals surface area contributed by atoms with Crippen LogP contribution in [0.1, 0.15) is 21.5 Å². The molecule has 2 aromatic carbocycles. The van der Waals surface area contributed by atoms with Crippen LogP contribution in [0.15, 0.2) is 42.5 Å². The molecule has 0 atom stereocenters. The molecule has 0 aliphatic rings. The lowest BCUT2D eigenvalue weighted by Gasteiger charge is -2.11. The van der Waals surface area contributed by atoms with E-state index in [0.29, 0.717) is 17.1 Å².